The molecule has 0 radical (unpaired) electrons. The lowest BCUT2D eigenvalue weighted by molar-refractivity contribution is 0.109. The molecule has 4 rings (SSSR count). The van der Waals surface area contributed by atoms with Crippen LogP contribution in [0.25, 0.3) is 10.4 Å². The minimum Gasteiger partial charge on any atom is -0.447 e. The van der Waals surface area contributed by atoms with Crippen molar-refractivity contribution in [2.45, 2.75) is 69.4 Å². The van der Waals surface area contributed by atoms with E-state index >= 15 is 0 Å². The van der Waals surface area contributed by atoms with E-state index in [2.05, 4.69) is 30.3 Å². The maximum atomic E-state index is 13.1. The molecule has 0 bridgehead atoms. The molecule has 13 heteroatoms. The van der Waals surface area contributed by atoms with Crippen LogP contribution in [0.5, 0.6) is 0 Å². The van der Waals surface area contributed by atoms with Gasteiger partial charge in [-0.1, -0.05) is 13.0 Å². The summed E-state index contributed by atoms with van der Waals surface area (Å²) in [6.07, 6.45) is 6.15. The Kier molecular flexibility index (Phi) is 9.19. The molecule has 2 heterocycles. The predicted octanol–water partition coefficient (Wildman–Crippen LogP) is 5.46. The number of nitrogens with one attached hydrogen (secondary N) is 3. The van der Waals surface area contributed by atoms with E-state index in [1.165, 1.54) is 17.5 Å². The third kappa shape index (κ3) is 7.19. The van der Waals surface area contributed by atoms with Gasteiger partial charge in [-0.25, -0.2) is 32.9 Å². The van der Waals surface area contributed by atoms with E-state index in [1.54, 1.807) is 37.4 Å². The summed E-state index contributed by atoms with van der Waals surface area (Å²) in [5.41, 5.74) is 1.12. The highest BCUT2D eigenvalue weighted by Crippen LogP contribution is 2.40. The molecule has 0 unspecified atom stereocenters. The van der Waals surface area contributed by atoms with E-state index in [0.29, 0.717) is 17.1 Å². The van der Waals surface area contributed by atoms with Crippen molar-refractivity contribution < 1.29 is 17.9 Å². The molecular formula is C25H31ClN6O4S2. The number of carbonyl (C=O) groups excluding carboxylic acids is 1. The Labute approximate surface area is 231 Å². The summed E-state index contributed by atoms with van der Waals surface area (Å²) in [4.78, 5) is 25.5. The number of thiazole rings is 1. The third-order valence-electron chi connectivity index (χ3n) is 6.03. The van der Waals surface area contributed by atoms with Crippen molar-refractivity contribution in [2.75, 3.05) is 11.9 Å². The molecule has 204 valence electrons. The maximum absolute atomic E-state index is 13.1. The van der Waals surface area contributed by atoms with Gasteiger partial charge in [0.15, 0.2) is 0 Å². The second-order valence-corrected chi connectivity index (χ2v) is 12.4. The summed E-state index contributed by atoms with van der Waals surface area (Å²) in [6.45, 7) is 5.64. The van der Waals surface area contributed by atoms with Crippen LogP contribution in [0.2, 0.25) is 5.28 Å². The first-order valence-electron chi connectivity index (χ1n) is 12.5. The largest absolute Gasteiger partial charge is 0.447 e. The van der Waals surface area contributed by atoms with Gasteiger partial charge < -0.3 is 15.4 Å². The molecule has 1 saturated carbocycles. The Morgan fingerprint density at radius 3 is 2.63 bits per heavy atom. The van der Waals surface area contributed by atoms with Crippen LogP contribution in [-0.2, 0) is 14.8 Å². The van der Waals surface area contributed by atoms with Crippen LogP contribution in [-0.4, -0.2) is 48.2 Å². The zero-order valence-electron chi connectivity index (χ0n) is 21.4. The van der Waals surface area contributed by atoms with Crippen molar-refractivity contribution >= 4 is 50.6 Å². The third-order valence-corrected chi connectivity index (χ3v) is 8.99. The minimum atomic E-state index is -3.78. The zero-order chi connectivity index (χ0) is 27.3. The van der Waals surface area contributed by atoms with Gasteiger partial charge in [-0.05, 0) is 69.3 Å². The number of aromatic nitrogens is 3. The molecule has 1 aliphatic rings. The van der Waals surface area contributed by atoms with Gasteiger partial charge in [-0.15, -0.1) is 11.3 Å². The van der Waals surface area contributed by atoms with Gasteiger partial charge >= 0.3 is 6.09 Å². The van der Waals surface area contributed by atoms with Crippen LogP contribution in [0.1, 0.15) is 57.4 Å². The number of amides is 1. The SMILES string of the molecule is CCNS(=O)(=O)c1cc(Nc2ccnc(Cl)n2)ccc1-c1cnc(C2CCC(NC(=O)OC(C)C)CC2)s1. The van der Waals surface area contributed by atoms with Gasteiger partial charge in [-0.3, -0.25) is 0 Å². The number of halogens is 1. The number of nitrogens with zero attached hydrogens (tertiary/aromatic N) is 3. The van der Waals surface area contributed by atoms with E-state index in [0.717, 1.165) is 35.6 Å². The molecule has 38 heavy (non-hydrogen) atoms. The molecule has 0 saturated heterocycles. The predicted molar refractivity (Wildman–Crippen MR) is 148 cm³/mol. The lowest BCUT2D eigenvalue weighted by Crippen LogP contribution is -2.38. The molecular weight excluding hydrogens is 548 g/mol. The van der Waals surface area contributed by atoms with E-state index in [4.69, 9.17) is 16.3 Å². The number of benzene rings is 1. The average Bonchev–Trinajstić information content (AvgIpc) is 3.34. The summed E-state index contributed by atoms with van der Waals surface area (Å²) in [5, 5.41) is 7.08. The lowest BCUT2D eigenvalue weighted by atomic mass is 9.86. The Bertz CT molecular complexity index is 1370. The van der Waals surface area contributed by atoms with Crippen molar-refractivity contribution in [1.82, 2.24) is 25.0 Å². The van der Waals surface area contributed by atoms with Crippen molar-refractivity contribution in [3.63, 3.8) is 0 Å². The maximum Gasteiger partial charge on any atom is 0.407 e. The molecule has 0 atom stereocenters. The summed E-state index contributed by atoms with van der Waals surface area (Å²) in [5.74, 6) is 0.706. The first-order chi connectivity index (χ1) is 18.1. The smallest absolute Gasteiger partial charge is 0.407 e. The second kappa shape index (κ2) is 12.4. The molecule has 1 aliphatic carbocycles. The molecule has 1 amide bonds. The van der Waals surface area contributed by atoms with Crippen molar-refractivity contribution in [3.05, 3.63) is 47.0 Å². The number of rotatable bonds is 9. The summed E-state index contributed by atoms with van der Waals surface area (Å²) >= 11 is 7.38. The monoisotopic (exact) mass is 578 g/mol. The Hall–Kier alpha value is -2.80. The van der Waals surface area contributed by atoms with Crippen LogP contribution in [0.15, 0.2) is 41.6 Å². The van der Waals surface area contributed by atoms with Crippen LogP contribution in [0.3, 0.4) is 0 Å². The van der Waals surface area contributed by atoms with E-state index < -0.39 is 10.0 Å². The first-order valence-corrected chi connectivity index (χ1v) is 15.1. The number of sulfonamides is 1. The molecule has 1 fully saturated rings. The highest BCUT2D eigenvalue weighted by atomic mass is 35.5. The molecule has 3 N–H and O–H groups in total. The standard InChI is InChI=1S/C25H31ClN6O4S2/c1-4-29-38(34,35)21-13-18(30-22-11-12-27-24(26)32-22)9-10-19(21)20-14-28-23(37-20)16-5-7-17(8-6-16)31-25(33)36-15(2)3/h9-17,29H,4-8H2,1-3H3,(H,31,33)(H,27,30,32). The highest BCUT2D eigenvalue weighted by Gasteiger charge is 2.27. The normalized spacial score (nSPS) is 17.8. The van der Waals surface area contributed by atoms with Crippen molar-refractivity contribution in [3.8, 4) is 10.4 Å². The van der Waals surface area contributed by atoms with E-state index in [1.807, 2.05) is 13.8 Å². The number of hydrogen-bond donors (Lipinski definition) is 3. The van der Waals surface area contributed by atoms with Gasteiger partial charge in [0.1, 0.15) is 5.82 Å². The minimum absolute atomic E-state index is 0.0820. The lowest BCUT2D eigenvalue weighted by Gasteiger charge is -2.28. The number of alkyl carbamates (subject to hydrolysis) is 1. The summed E-state index contributed by atoms with van der Waals surface area (Å²) in [6, 6.07) is 6.87. The van der Waals surface area contributed by atoms with E-state index in [9.17, 15) is 13.2 Å². The Morgan fingerprint density at radius 1 is 1.18 bits per heavy atom. The fourth-order valence-corrected chi connectivity index (χ4v) is 6.97. The van der Waals surface area contributed by atoms with Crippen LogP contribution >= 0.6 is 22.9 Å². The zero-order valence-corrected chi connectivity index (χ0v) is 23.8. The van der Waals surface area contributed by atoms with Crippen LogP contribution < -0.4 is 15.4 Å². The fourth-order valence-electron chi connectivity index (χ4n) is 4.35. The van der Waals surface area contributed by atoms with Gasteiger partial charge in [0.2, 0.25) is 15.3 Å². The van der Waals surface area contributed by atoms with Crippen LogP contribution in [0.4, 0.5) is 16.3 Å². The Balaban J connectivity index is 1.53. The first kappa shape index (κ1) is 28.2. The average molecular weight is 579 g/mol. The van der Waals surface area contributed by atoms with Gasteiger partial charge in [-0.2, -0.15) is 0 Å². The molecule has 2 aromatic heterocycles. The second-order valence-electron chi connectivity index (χ2n) is 9.26. The fraction of sp³-hybridized carbons (Fsp3) is 0.440. The molecule has 0 aliphatic heterocycles. The highest BCUT2D eigenvalue weighted by molar-refractivity contribution is 7.89. The van der Waals surface area contributed by atoms with Crippen molar-refractivity contribution in [2.24, 2.45) is 0 Å². The van der Waals surface area contributed by atoms with Gasteiger partial charge in [0.25, 0.3) is 0 Å². The Morgan fingerprint density at radius 2 is 1.95 bits per heavy atom. The molecule has 1 aromatic carbocycles. The van der Waals surface area contributed by atoms with Gasteiger partial charge in [0.05, 0.1) is 20.9 Å². The van der Waals surface area contributed by atoms with Crippen molar-refractivity contribution in [1.29, 1.82) is 0 Å². The number of anilines is 2. The molecule has 3 aromatic rings. The summed E-state index contributed by atoms with van der Waals surface area (Å²) < 4.78 is 34.1. The van der Waals surface area contributed by atoms with Gasteiger partial charge in [0, 0.05) is 42.1 Å². The molecule has 0 spiro atoms. The summed E-state index contributed by atoms with van der Waals surface area (Å²) in [7, 11) is -3.78. The number of ether oxygens (including phenoxy) is 1. The number of carbonyl (C=O) groups is 1. The van der Waals surface area contributed by atoms with E-state index in [-0.39, 0.29) is 40.9 Å². The van der Waals surface area contributed by atoms with Crippen LogP contribution in [0, 0.1) is 0 Å². The molecule has 10 nitrogen and oxygen atoms in total. The topological polar surface area (TPSA) is 135 Å². The quantitative estimate of drug-likeness (QED) is 0.285. The number of hydrogen-bond acceptors (Lipinski definition) is 9.